The highest BCUT2D eigenvalue weighted by Crippen LogP contribution is 2.52. The minimum absolute atomic E-state index is 0.143. The van der Waals surface area contributed by atoms with Crippen molar-refractivity contribution in [1.29, 1.82) is 0 Å². The lowest BCUT2D eigenvalue weighted by atomic mass is 9.88. The fraction of sp³-hybridized carbons (Fsp3) is 0.600. The van der Waals surface area contributed by atoms with E-state index >= 15 is 0 Å². The predicted molar refractivity (Wildman–Crippen MR) is 123 cm³/mol. The van der Waals surface area contributed by atoms with Gasteiger partial charge in [-0.25, -0.2) is 4.79 Å². The van der Waals surface area contributed by atoms with Gasteiger partial charge in [0.05, 0.1) is 6.04 Å². The van der Waals surface area contributed by atoms with Gasteiger partial charge in [-0.2, -0.15) is 0 Å². The van der Waals surface area contributed by atoms with Crippen LogP contribution in [0.25, 0.3) is 0 Å². The summed E-state index contributed by atoms with van der Waals surface area (Å²) in [5.41, 5.74) is 1.86. The minimum Gasteiger partial charge on any atom is -0.460 e. The first-order valence-corrected chi connectivity index (χ1v) is 11.9. The maximum absolute atomic E-state index is 13.2. The van der Waals surface area contributed by atoms with Crippen LogP contribution in [0.2, 0.25) is 0 Å². The zero-order valence-electron chi connectivity index (χ0n) is 20.0. The van der Waals surface area contributed by atoms with Crippen LogP contribution in [0.1, 0.15) is 52.2 Å². The smallest absolute Gasteiger partial charge is 0.328 e. The molecule has 4 aliphatic heterocycles. The zero-order valence-corrected chi connectivity index (χ0v) is 20.0. The molecule has 0 bridgehead atoms. The number of carbonyl (C=O) groups is 2. The molecule has 0 unspecified atom stereocenters. The summed E-state index contributed by atoms with van der Waals surface area (Å²) in [6.07, 6.45) is 3.70. The van der Waals surface area contributed by atoms with Gasteiger partial charge in [0.15, 0.2) is 17.3 Å². The van der Waals surface area contributed by atoms with Gasteiger partial charge in [0, 0.05) is 30.3 Å². The summed E-state index contributed by atoms with van der Waals surface area (Å²) in [4.78, 5) is 28.0. The number of fused-ring (bicyclic) bond motifs is 7. The van der Waals surface area contributed by atoms with E-state index in [1.54, 1.807) is 0 Å². The largest absolute Gasteiger partial charge is 0.460 e. The molecule has 0 radical (unpaired) electrons. The van der Waals surface area contributed by atoms with Crippen molar-refractivity contribution in [3.8, 4) is 11.5 Å². The van der Waals surface area contributed by atoms with E-state index in [1.165, 1.54) is 0 Å². The van der Waals surface area contributed by atoms with Crippen LogP contribution < -0.4 is 19.7 Å². The topological polar surface area (TPSA) is 95.6 Å². The van der Waals surface area contributed by atoms with E-state index in [0.29, 0.717) is 24.5 Å². The quantitative estimate of drug-likeness (QED) is 0.519. The monoisotopic (exact) mass is 472 g/mol. The zero-order chi connectivity index (χ0) is 24.0. The van der Waals surface area contributed by atoms with Gasteiger partial charge in [-0.3, -0.25) is 4.79 Å². The summed E-state index contributed by atoms with van der Waals surface area (Å²) in [6.45, 7) is 8.60. The molecule has 1 fully saturated rings. The van der Waals surface area contributed by atoms with Gasteiger partial charge >= 0.3 is 5.97 Å². The van der Waals surface area contributed by atoms with Gasteiger partial charge in [0.1, 0.15) is 24.9 Å². The lowest BCUT2D eigenvalue weighted by molar-refractivity contribution is -0.149. The number of anilines is 1. The second-order valence-corrected chi connectivity index (χ2v) is 10.1. The van der Waals surface area contributed by atoms with Crippen LogP contribution in [-0.4, -0.2) is 55.8 Å². The van der Waals surface area contributed by atoms with Crippen molar-refractivity contribution in [3.63, 3.8) is 0 Å². The Kier molecular flexibility index (Phi) is 5.93. The molecule has 0 aromatic heterocycles. The third kappa shape index (κ3) is 4.34. The molecule has 9 heteroatoms. The highest BCUT2D eigenvalue weighted by atomic mass is 16.8. The molecular formula is C25H32N2O7. The molecule has 34 heavy (non-hydrogen) atoms. The summed E-state index contributed by atoms with van der Waals surface area (Å²) >= 11 is 0. The molecule has 0 spiro atoms. The fourth-order valence-electron chi connectivity index (χ4n) is 5.17. The Morgan fingerprint density at radius 3 is 2.62 bits per heavy atom. The molecule has 1 amide bonds. The van der Waals surface area contributed by atoms with E-state index in [4.69, 9.17) is 23.7 Å². The van der Waals surface area contributed by atoms with E-state index in [2.05, 4.69) is 10.2 Å². The summed E-state index contributed by atoms with van der Waals surface area (Å²) in [5, 5.41) is 2.91. The van der Waals surface area contributed by atoms with E-state index in [1.807, 2.05) is 52.0 Å². The Morgan fingerprint density at radius 2 is 1.85 bits per heavy atom. The number of nitrogens with zero attached hydrogens (tertiary/aromatic N) is 1. The normalized spacial score (nSPS) is 30.9. The predicted octanol–water partition coefficient (Wildman–Crippen LogP) is 2.83. The highest BCUT2D eigenvalue weighted by Gasteiger charge is 2.52. The summed E-state index contributed by atoms with van der Waals surface area (Å²) < 4.78 is 29.3. The van der Waals surface area contributed by atoms with Crippen LogP contribution in [-0.2, 0) is 23.8 Å². The van der Waals surface area contributed by atoms with Crippen molar-refractivity contribution in [1.82, 2.24) is 5.32 Å². The summed E-state index contributed by atoms with van der Waals surface area (Å²) in [5.74, 6) is 0.123. The lowest BCUT2D eigenvalue weighted by Crippen LogP contribution is -2.53. The number of esters is 1. The maximum Gasteiger partial charge on any atom is 0.328 e. The number of hydrogen-bond acceptors (Lipinski definition) is 8. The van der Waals surface area contributed by atoms with Gasteiger partial charge in [-0.15, -0.1) is 0 Å². The van der Waals surface area contributed by atoms with Gasteiger partial charge in [0.2, 0.25) is 12.7 Å². The lowest BCUT2D eigenvalue weighted by Gasteiger charge is -2.43. The number of hydrogen-bond donors (Lipinski definition) is 1. The SMILES string of the molecule is CC(C)C[C@@H]1NC(=O)C[C@H]2[C@@H]3OC(C)(C)O[C@H]3c3cc4c(cc3N2C/C=C\COC1=O)OCO4. The molecule has 9 nitrogen and oxygen atoms in total. The van der Waals surface area contributed by atoms with E-state index in [-0.39, 0.29) is 49.9 Å². The van der Waals surface area contributed by atoms with Crippen LogP contribution in [0.15, 0.2) is 24.3 Å². The van der Waals surface area contributed by atoms with Gasteiger partial charge in [0.25, 0.3) is 0 Å². The van der Waals surface area contributed by atoms with Crippen LogP contribution in [0.4, 0.5) is 5.69 Å². The van der Waals surface area contributed by atoms with E-state index in [0.717, 1.165) is 11.3 Å². The second kappa shape index (κ2) is 8.78. The molecule has 4 aliphatic rings. The Morgan fingerprint density at radius 1 is 1.09 bits per heavy atom. The fourth-order valence-corrected chi connectivity index (χ4v) is 5.17. The number of cyclic esters (lactones) is 1. The molecule has 1 aromatic rings. The number of carbonyl (C=O) groups excluding carboxylic acids is 2. The highest BCUT2D eigenvalue weighted by molar-refractivity contribution is 5.85. The second-order valence-electron chi connectivity index (χ2n) is 10.1. The Balaban J connectivity index is 1.54. The van der Waals surface area contributed by atoms with Crippen molar-refractivity contribution >= 4 is 17.6 Å². The van der Waals surface area contributed by atoms with Gasteiger partial charge < -0.3 is 33.9 Å². The van der Waals surface area contributed by atoms with Crippen molar-refractivity contribution < 1.29 is 33.3 Å². The molecule has 4 heterocycles. The van der Waals surface area contributed by atoms with Crippen molar-refractivity contribution in [2.45, 2.75) is 70.6 Å². The molecule has 1 aromatic carbocycles. The number of amides is 1. The molecule has 4 atom stereocenters. The first kappa shape index (κ1) is 23.0. The van der Waals surface area contributed by atoms with Crippen molar-refractivity contribution in [2.75, 3.05) is 24.8 Å². The van der Waals surface area contributed by atoms with Gasteiger partial charge in [-0.1, -0.05) is 19.9 Å². The minimum atomic E-state index is -0.807. The summed E-state index contributed by atoms with van der Waals surface area (Å²) in [7, 11) is 0. The van der Waals surface area contributed by atoms with Crippen molar-refractivity contribution in [2.24, 2.45) is 5.92 Å². The molecule has 1 N–H and O–H groups in total. The van der Waals surface area contributed by atoms with Crippen LogP contribution in [0.3, 0.4) is 0 Å². The van der Waals surface area contributed by atoms with Crippen molar-refractivity contribution in [3.05, 3.63) is 29.8 Å². The van der Waals surface area contributed by atoms with Crippen LogP contribution in [0, 0.1) is 5.92 Å². The van der Waals surface area contributed by atoms with E-state index < -0.39 is 17.8 Å². The average molecular weight is 473 g/mol. The molecule has 0 saturated carbocycles. The molecule has 184 valence electrons. The number of ether oxygens (including phenoxy) is 5. The molecule has 0 aliphatic carbocycles. The first-order chi connectivity index (χ1) is 16.2. The maximum atomic E-state index is 13.2. The first-order valence-electron chi connectivity index (χ1n) is 11.9. The van der Waals surface area contributed by atoms with Crippen LogP contribution >= 0.6 is 0 Å². The number of rotatable bonds is 2. The number of nitrogens with one attached hydrogen (secondary N) is 1. The molecule has 1 saturated heterocycles. The average Bonchev–Trinajstić information content (AvgIpc) is 3.35. The van der Waals surface area contributed by atoms with E-state index in [9.17, 15) is 9.59 Å². The third-order valence-corrected chi connectivity index (χ3v) is 6.56. The van der Waals surface area contributed by atoms with Gasteiger partial charge in [-0.05, 0) is 38.3 Å². The number of benzene rings is 1. The summed E-state index contributed by atoms with van der Waals surface area (Å²) in [6, 6.07) is 2.91. The van der Waals surface area contributed by atoms with Crippen LogP contribution in [0.5, 0.6) is 11.5 Å². The Labute approximate surface area is 199 Å². The molecular weight excluding hydrogens is 440 g/mol. The Hall–Kier alpha value is -2.78. The third-order valence-electron chi connectivity index (χ3n) is 6.56. The molecule has 5 rings (SSSR count). The Bertz CT molecular complexity index is 1010. The standard InChI is InChI=1S/C25H32N2O7/c1-14(2)9-16-24(29)30-8-6-5-7-27-17-11-20-19(31-13-32-20)10-15(17)22-23(34-25(3,4)33-22)18(27)12-21(28)26-16/h5-6,10-11,14,16,18,22-23H,7-9,12-13H2,1-4H3,(H,26,28)/b6-5-/t16-,18-,22-,23-/m0/s1.